The molecule has 1 aromatic rings. The zero-order valence-electron chi connectivity index (χ0n) is 14.2. The average molecular weight is 477 g/mol. The van der Waals surface area contributed by atoms with Gasteiger partial charge in [-0.2, -0.15) is 0 Å². The fourth-order valence-corrected chi connectivity index (χ4v) is 2.16. The molecule has 0 amide bonds. The SMILES string of the molecule is CC1=C(C)C(C)C([N-]c2ccccc2)=C1C.[CH3][Ge]([CH3])=[Zr+2].[Cl-].[Cl-]. The van der Waals surface area contributed by atoms with Crippen molar-refractivity contribution in [1.29, 1.82) is 0 Å². The van der Waals surface area contributed by atoms with Gasteiger partial charge in [0.05, 0.1) is 0 Å². The minimum absolute atomic E-state index is 0. The Kier molecular flexibility index (Phi) is 13.4. The summed E-state index contributed by atoms with van der Waals surface area (Å²) in [6, 6.07) is 10.2. The first-order valence-electron chi connectivity index (χ1n) is 7.01. The first-order chi connectivity index (χ1) is 9.34. The Morgan fingerprint density at radius 1 is 0.955 bits per heavy atom. The Morgan fingerprint density at radius 3 is 1.77 bits per heavy atom. The largest absolute Gasteiger partial charge is 1.00 e. The molecule has 5 heteroatoms. The fraction of sp³-hybridized carbons (Fsp3) is 0.412. The molecule has 1 nitrogen and oxygen atoms in total. The van der Waals surface area contributed by atoms with Crippen LogP contribution in [0.2, 0.25) is 11.5 Å². The van der Waals surface area contributed by atoms with Crippen LogP contribution in [0.1, 0.15) is 27.7 Å². The molecule has 2 rings (SSSR count). The Hall–Kier alpha value is 0.506. The topological polar surface area (TPSA) is 14.1 Å². The molecule has 1 aliphatic rings. The molecule has 0 spiro atoms. The van der Waals surface area contributed by atoms with E-state index in [1.165, 1.54) is 22.4 Å². The van der Waals surface area contributed by atoms with Crippen LogP contribution in [-0.4, -0.2) is 9.98 Å². The maximum absolute atomic E-state index is 4.76. The molecule has 1 unspecified atom stereocenters. The molecule has 1 aliphatic carbocycles. The number of hydrogen-bond donors (Lipinski definition) is 0. The molecule has 0 N–H and O–H groups in total. The maximum Gasteiger partial charge on any atom is -1.00 e. The second kappa shape index (κ2) is 12.0. The zero-order chi connectivity index (χ0) is 15.3. The van der Waals surface area contributed by atoms with Crippen LogP contribution < -0.4 is 24.8 Å². The van der Waals surface area contributed by atoms with Crippen LogP contribution in [0.4, 0.5) is 5.69 Å². The van der Waals surface area contributed by atoms with E-state index in [1.54, 1.807) is 21.6 Å². The van der Waals surface area contributed by atoms with Crippen LogP contribution in [0.25, 0.3) is 5.32 Å². The molecule has 0 aliphatic heterocycles. The van der Waals surface area contributed by atoms with Crippen LogP contribution in [0, 0.1) is 5.92 Å². The van der Waals surface area contributed by atoms with Gasteiger partial charge in [-0.05, 0) is 26.7 Å². The number of nitrogens with zero attached hydrogens (tertiary/aromatic N) is 1. The third-order valence-electron chi connectivity index (χ3n) is 3.60. The summed E-state index contributed by atoms with van der Waals surface area (Å²) in [7, 11) is -0.243. The van der Waals surface area contributed by atoms with Crippen LogP contribution in [0.15, 0.2) is 52.7 Å². The standard InChI is InChI=1S/C15H18N.C2H6Ge.2ClH.Zr/c1-10-11(2)13(4)15(12(10)3)16-14-8-6-5-7-9-14;1-3-2;;;/h5-9,12H,1-4H3;1-2H3;2*1H;/q-1;;;;+2/p-2. The molecule has 0 saturated heterocycles. The summed E-state index contributed by atoms with van der Waals surface area (Å²) in [6.45, 7) is 8.80. The van der Waals surface area contributed by atoms with E-state index in [0.29, 0.717) is 5.92 Å². The minimum atomic E-state index is -0.243. The van der Waals surface area contributed by atoms with E-state index in [2.05, 4.69) is 51.3 Å². The summed E-state index contributed by atoms with van der Waals surface area (Å²) >= 11 is 1.80. The van der Waals surface area contributed by atoms with Gasteiger partial charge in [-0.1, -0.05) is 54.0 Å². The van der Waals surface area contributed by atoms with Crippen molar-refractivity contribution < 1.29 is 46.4 Å². The van der Waals surface area contributed by atoms with Crippen molar-refractivity contribution in [3.63, 3.8) is 0 Å². The predicted molar refractivity (Wildman–Crippen MR) is 87.2 cm³/mol. The van der Waals surface area contributed by atoms with Crippen LogP contribution in [0.3, 0.4) is 0 Å². The van der Waals surface area contributed by atoms with Gasteiger partial charge in [0.25, 0.3) is 0 Å². The number of para-hydroxylation sites is 1. The summed E-state index contributed by atoms with van der Waals surface area (Å²) in [5.74, 6) is 5.21. The molecular weight excluding hydrogens is 453 g/mol. The van der Waals surface area contributed by atoms with Gasteiger partial charge >= 0.3 is 43.1 Å². The average Bonchev–Trinajstić information content (AvgIpc) is 2.57. The van der Waals surface area contributed by atoms with Gasteiger partial charge < -0.3 is 30.1 Å². The molecule has 0 radical (unpaired) electrons. The molecule has 0 bridgehead atoms. The summed E-state index contributed by atoms with van der Waals surface area (Å²) in [5.41, 5.74) is 6.47. The molecule has 0 aromatic heterocycles. The van der Waals surface area contributed by atoms with Gasteiger partial charge in [0.15, 0.2) is 0 Å². The van der Waals surface area contributed by atoms with Gasteiger partial charge in [-0.25, -0.2) is 0 Å². The smallest absolute Gasteiger partial charge is 1.00 e. The number of benzene rings is 1. The van der Waals surface area contributed by atoms with Crippen LogP contribution in [0.5, 0.6) is 0 Å². The quantitative estimate of drug-likeness (QED) is 0.522. The Morgan fingerprint density at radius 2 is 1.41 bits per heavy atom. The van der Waals surface area contributed by atoms with E-state index in [1.807, 2.05) is 18.2 Å². The van der Waals surface area contributed by atoms with E-state index < -0.39 is 0 Å². The van der Waals surface area contributed by atoms with Gasteiger partial charge in [-0.15, -0.1) is 11.4 Å². The normalized spacial score (nSPS) is 16.3. The second-order valence-corrected chi connectivity index (χ2v) is 22.5. The molecule has 0 heterocycles. The molecule has 22 heavy (non-hydrogen) atoms. The van der Waals surface area contributed by atoms with E-state index in [0.717, 1.165) is 5.69 Å². The van der Waals surface area contributed by atoms with E-state index in [4.69, 9.17) is 5.32 Å². The fourth-order valence-electron chi connectivity index (χ4n) is 2.16. The Labute approximate surface area is 164 Å². The summed E-state index contributed by atoms with van der Waals surface area (Å²) in [5, 5.41) is 4.76. The number of allylic oxidation sites excluding steroid dienone is 3. The molecule has 1 aromatic carbocycles. The predicted octanol–water partition coefficient (Wildman–Crippen LogP) is -0.256. The zero-order valence-corrected chi connectivity index (χ0v) is 20.2. The third kappa shape index (κ3) is 7.38. The van der Waals surface area contributed by atoms with Crippen molar-refractivity contribution in [2.75, 3.05) is 0 Å². The molecule has 0 fully saturated rings. The summed E-state index contributed by atoms with van der Waals surface area (Å²) in [4.78, 5) is 0. The van der Waals surface area contributed by atoms with Crippen LogP contribution in [-0.2, 0) is 21.6 Å². The number of hydrogen-bond acceptors (Lipinski definition) is 0. The van der Waals surface area contributed by atoms with Crippen LogP contribution >= 0.6 is 0 Å². The molecule has 1 atom stereocenters. The van der Waals surface area contributed by atoms with Crippen molar-refractivity contribution >= 4 is 15.7 Å². The van der Waals surface area contributed by atoms with Crippen molar-refractivity contribution in [1.82, 2.24) is 0 Å². The maximum atomic E-state index is 4.76. The second-order valence-electron chi connectivity index (χ2n) is 5.49. The Bertz CT molecular complexity index is 549. The molecular formula is C17H24Cl2GeNZr-. The first-order valence-corrected chi connectivity index (χ1v) is 18.6. The van der Waals surface area contributed by atoms with Crippen molar-refractivity contribution in [3.8, 4) is 0 Å². The third-order valence-corrected chi connectivity index (χ3v) is 3.60. The monoisotopic (exact) mass is 476 g/mol. The van der Waals surface area contributed by atoms with Gasteiger partial charge in [0.2, 0.25) is 0 Å². The van der Waals surface area contributed by atoms with Crippen molar-refractivity contribution in [2.24, 2.45) is 5.92 Å². The van der Waals surface area contributed by atoms with E-state index in [9.17, 15) is 0 Å². The van der Waals surface area contributed by atoms with Gasteiger partial charge in [0, 0.05) is 0 Å². The molecule has 120 valence electrons. The number of halogens is 2. The van der Waals surface area contributed by atoms with E-state index in [-0.39, 0.29) is 34.8 Å². The van der Waals surface area contributed by atoms with Gasteiger partial charge in [0.1, 0.15) is 0 Å². The van der Waals surface area contributed by atoms with Gasteiger partial charge in [-0.3, -0.25) is 0 Å². The molecule has 0 saturated carbocycles. The minimum Gasteiger partial charge on any atom is -1.00 e. The summed E-state index contributed by atoms with van der Waals surface area (Å²) in [6.07, 6.45) is 0. The van der Waals surface area contributed by atoms with Crippen molar-refractivity contribution in [2.45, 2.75) is 39.2 Å². The van der Waals surface area contributed by atoms with E-state index >= 15 is 0 Å². The van der Waals surface area contributed by atoms with Crippen molar-refractivity contribution in [3.05, 3.63) is 58.1 Å². The first kappa shape index (κ1) is 24.8. The summed E-state index contributed by atoms with van der Waals surface area (Å²) < 4.78 is 0. The Balaban J connectivity index is 0. The number of rotatable bonds is 2.